The molecule has 3 rings (SSSR count). The first-order valence-corrected chi connectivity index (χ1v) is 8.81. The number of aromatic nitrogens is 1. The highest BCUT2D eigenvalue weighted by atomic mass is 32.1. The molecule has 2 N–H and O–H groups in total. The van der Waals surface area contributed by atoms with E-state index in [1.807, 2.05) is 44.2 Å². The average Bonchev–Trinajstić information content (AvgIpc) is 2.96. The van der Waals surface area contributed by atoms with E-state index in [9.17, 15) is 9.59 Å². The fourth-order valence-corrected chi connectivity index (χ4v) is 3.67. The van der Waals surface area contributed by atoms with Crippen LogP contribution in [0, 0.1) is 13.8 Å². The van der Waals surface area contributed by atoms with Crippen molar-refractivity contribution in [3.05, 3.63) is 59.2 Å². The number of fused-ring (bicyclic) bond motifs is 1. The number of hydrogen-bond donors (Lipinski definition) is 2. The minimum atomic E-state index is -0.283. The molecule has 128 valence electrons. The van der Waals surface area contributed by atoms with Crippen molar-refractivity contribution in [3.8, 4) is 0 Å². The number of nitrogens with one attached hydrogen (secondary N) is 2. The molecule has 0 aliphatic rings. The lowest BCUT2D eigenvalue weighted by molar-refractivity contribution is -0.123. The van der Waals surface area contributed by atoms with Gasteiger partial charge < -0.3 is 10.6 Å². The van der Waals surface area contributed by atoms with E-state index in [1.54, 1.807) is 0 Å². The number of rotatable bonds is 5. The molecule has 0 atom stereocenters. The van der Waals surface area contributed by atoms with Gasteiger partial charge in [0, 0.05) is 0 Å². The molecule has 25 heavy (non-hydrogen) atoms. The second-order valence-electron chi connectivity index (χ2n) is 5.93. The molecule has 0 bridgehead atoms. The van der Waals surface area contributed by atoms with Crippen LogP contribution in [0.4, 0.5) is 5.13 Å². The lowest BCUT2D eigenvalue weighted by Gasteiger charge is -2.05. The van der Waals surface area contributed by atoms with E-state index in [0.29, 0.717) is 5.13 Å². The van der Waals surface area contributed by atoms with Gasteiger partial charge in [0.15, 0.2) is 5.13 Å². The maximum absolute atomic E-state index is 12.0. The first-order valence-electron chi connectivity index (χ1n) is 7.99. The summed E-state index contributed by atoms with van der Waals surface area (Å²) in [7, 11) is 0. The van der Waals surface area contributed by atoms with Crippen molar-refractivity contribution in [2.24, 2.45) is 0 Å². The number of benzene rings is 2. The fourth-order valence-electron chi connectivity index (χ4n) is 2.61. The summed E-state index contributed by atoms with van der Waals surface area (Å²) >= 11 is 1.44. The van der Waals surface area contributed by atoms with Crippen LogP contribution in [-0.4, -0.2) is 23.3 Å². The predicted molar refractivity (Wildman–Crippen MR) is 101 cm³/mol. The van der Waals surface area contributed by atoms with Gasteiger partial charge in [0.05, 0.1) is 23.2 Å². The van der Waals surface area contributed by atoms with Crippen molar-refractivity contribution in [2.45, 2.75) is 20.3 Å². The van der Waals surface area contributed by atoms with Gasteiger partial charge in [0.1, 0.15) is 0 Å². The van der Waals surface area contributed by atoms with Crippen LogP contribution in [0.5, 0.6) is 0 Å². The van der Waals surface area contributed by atoms with Gasteiger partial charge in [-0.1, -0.05) is 47.7 Å². The summed E-state index contributed by atoms with van der Waals surface area (Å²) in [5.74, 6) is -0.466. The number of carbonyl (C=O) groups excluding carboxylic acids is 2. The largest absolute Gasteiger partial charge is 0.347 e. The van der Waals surface area contributed by atoms with Crippen molar-refractivity contribution < 1.29 is 9.59 Å². The van der Waals surface area contributed by atoms with E-state index in [4.69, 9.17) is 0 Å². The molecule has 2 amide bonds. The molecule has 5 nitrogen and oxygen atoms in total. The number of amides is 2. The molecular weight excluding hydrogens is 334 g/mol. The van der Waals surface area contributed by atoms with Crippen molar-refractivity contribution in [1.82, 2.24) is 10.3 Å². The van der Waals surface area contributed by atoms with E-state index in [2.05, 4.69) is 27.8 Å². The minimum absolute atomic E-state index is 0.0698. The van der Waals surface area contributed by atoms with Crippen molar-refractivity contribution in [1.29, 1.82) is 0 Å². The standard InChI is InChI=1S/C19H19N3O2S/c1-12-8-13(2)18-15(9-12)25-19(22-18)21-17(24)11-20-16(23)10-14-6-4-3-5-7-14/h3-9H,10-11H2,1-2H3,(H,20,23)(H,21,22,24). The summed E-state index contributed by atoms with van der Waals surface area (Å²) in [5.41, 5.74) is 4.07. The fraction of sp³-hybridized carbons (Fsp3) is 0.211. The van der Waals surface area contributed by atoms with Gasteiger partial charge in [0.25, 0.3) is 0 Å². The van der Waals surface area contributed by atoms with Crippen LogP contribution in [0.1, 0.15) is 16.7 Å². The lowest BCUT2D eigenvalue weighted by atomic mass is 10.1. The zero-order chi connectivity index (χ0) is 17.8. The van der Waals surface area contributed by atoms with Crippen molar-refractivity contribution in [3.63, 3.8) is 0 Å². The van der Waals surface area contributed by atoms with Crippen LogP contribution in [0.3, 0.4) is 0 Å². The Morgan fingerprint density at radius 1 is 1.08 bits per heavy atom. The third-order valence-electron chi connectivity index (χ3n) is 3.73. The number of anilines is 1. The summed E-state index contributed by atoms with van der Waals surface area (Å²) < 4.78 is 1.04. The van der Waals surface area contributed by atoms with Gasteiger partial charge >= 0.3 is 0 Å². The van der Waals surface area contributed by atoms with Gasteiger partial charge in [-0.25, -0.2) is 4.98 Å². The molecule has 6 heteroatoms. The molecule has 0 fully saturated rings. The smallest absolute Gasteiger partial charge is 0.245 e. The van der Waals surface area contributed by atoms with E-state index >= 15 is 0 Å². The van der Waals surface area contributed by atoms with Crippen LogP contribution in [0.25, 0.3) is 10.2 Å². The maximum atomic E-state index is 12.0. The Bertz CT molecular complexity index is 919. The maximum Gasteiger partial charge on any atom is 0.245 e. The summed E-state index contributed by atoms with van der Waals surface area (Å²) in [6.45, 7) is 3.97. The van der Waals surface area contributed by atoms with Gasteiger partial charge in [-0.15, -0.1) is 0 Å². The highest BCUT2D eigenvalue weighted by Gasteiger charge is 2.11. The molecule has 0 radical (unpaired) electrons. The van der Waals surface area contributed by atoms with Gasteiger partial charge in [0.2, 0.25) is 11.8 Å². The Hall–Kier alpha value is -2.73. The average molecular weight is 353 g/mol. The summed E-state index contributed by atoms with van der Waals surface area (Å²) in [5, 5.41) is 5.93. The third-order valence-corrected chi connectivity index (χ3v) is 4.65. The summed E-state index contributed by atoms with van der Waals surface area (Å²) in [6.07, 6.45) is 0.258. The highest BCUT2D eigenvalue weighted by molar-refractivity contribution is 7.22. The van der Waals surface area contributed by atoms with Gasteiger partial charge in [-0.2, -0.15) is 0 Å². The molecule has 0 unspecified atom stereocenters. The number of aryl methyl sites for hydroxylation is 2. The van der Waals surface area contributed by atoms with Crippen LogP contribution >= 0.6 is 11.3 Å². The van der Waals surface area contributed by atoms with Crippen LogP contribution in [-0.2, 0) is 16.0 Å². The SMILES string of the molecule is Cc1cc(C)c2nc(NC(=O)CNC(=O)Cc3ccccc3)sc2c1. The van der Waals surface area contributed by atoms with Crippen LogP contribution < -0.4 is 10.6 Å². The molecular formula is C19H19N3O2S. The summed E-state index contributed by atoms with van der Waals surface area (Å²) in [4.78, 5) is 28.4. The van der Waals surface area contributed by atoms with Crippen LogP contribution in [0.15, 0.2) is 42.5 Å². The molecule has 1 aromatic heterocycles. The number of hydrogen-bond acceptors (Lipinski definition) is 4. The van der Waals surface area contributed by atoms with E-state index in [-0.39, 0.29) is 24.8 Å². The van der Waals surface area contributed by atoms with E-state index in [0.717, 1.165) is 21.3 Å². The Labute approximate surface area is 150 Å². The number of nitrogens with zero attached hydrogens (tertiary/aromatic N) is 1. The topological polar surface area (TPSA) is 71.1 Å². The monoisotopic (exact) mass is 353 g/mol. The van der Waals surface area contributed by atoms with Gasteiger partial charge in [-0.05, 0) is 36.6 Å². The molecule has 0 aliphatic carbocycles. The molecule has 0 saturated carbocycles. The molecule has 2 aromatic carbocycles. The predicted octanol–water partition coefficient (Wildman–Crippen LogP) is 3.21. The zero-order valence-corrected chi connectivity index (χ0v) is 14.9. The highest BCUT2D eigenvalue weighted by Crippen LogP contribution is 2.29. The van der Waals surface area contributed by atoms with Gasteiger partial charge in [-0.3, -0.25) is 9.59 Å². The number of thiazole rings is 1. The first-order chi connectivity index (χ1) is 12.0. The first kappa shape index (κ1) is 17.1. The Morgan fingerprint density at radius 2 is 1.84 bits per heavy atom. The zero-order valence-electron chi connectivity index (χ0n) is 14.1. The Balaban J connectivity index is 1.56. The Kier molecular flexibility index (Phi) is 5.09. The molecule has 0 saturated heterocycles. The molecule has 0 spiro atoms. The second kappa shape index (κ2) is 7.44. The lowest BCUT2D eigenvalue weighted by Crippen LogP contribution is -2.33. The van der Waals surface area contributed by atoms with Crippen molar-refractivity contribution in [2.75, 3.05) is 11.9 Å². The third kappa shape index (κ3) is 4.42. The molecule has 1 heterocycles. The van der Waals surface area contributed by atoms with E-state index < -0.39 is 0 Å². The summed E-state index contributed by atoms with van der Waals surface area (Å²) in [6, 6.07) is 13.5. The van der Waals surface area contributed by atoms with E-state index in [1.165, 1.54) is 16.9 Å². The quantitative estimate of drug-likeness (QED) is 0.740. The second-order valence-corrected chi connectivity index (χ2v) is 6.97. The van der Waals surface area contributed by atoms with Crippen molar-refractivity contribution >= 4 is 38.5 Å². The molecule has 0 aliphatic heterocycles. The normalized spacial score (nSPS) is 10.6. The number of carbonyl (C=O) groups is 2. The van der Waals surface area contributed by atoms with Crippen LogP contribution in [0.2, 0.25) is 0 Å². The molecule has 3 aromatic rings. The Morgan fingerprint density at radius 3 is 2.60 bits per heavy atom. The minimum Gasteiger partial charge on any atom is -0.347 e.